The van der Waals surface area contributed by atoms with Crippen molar-refractivity contribution in [1.29, 1.82) is 0 Å². The number of carbonyl (C=O) groups excluding carboxylic acids is 1. The fraction of sp³-hybridized carbons (Fsp3) is 0.500. The molecule has 168 valence electrons. The number of thiazole rings is 1. The topological polar surface area (TPSA) is 70.1 Å². The number of piperazine rings is 1. The van der Waals surface area contributed by atoms with Gasteiger partial charge < -0.3 is 19.9 Å². The summed E-state index contributed by atoms with van der Waals surface area (Å²) in [5.74, 6) is 0.933. The molecule has 1 amide bonds. The van der Waals surface area contributed by atoms with E-state index in [4.69, 9.17) is 9.72 Å². The van der Waals surface area contributed by atoms with Gasteiger partial charge >= 0.3 is 6.09 Å². The first-order chi connectivity index (χ1) is 14.4. The number of rotatable bonds is 4. The molecule has 1 aromatic carbocycles. The molecule has 2 aromatic rings. The summed E-state index contributed by atoms with van der Waals surface area (Å²) in [5.41, 5.74) is 1.78. The molecule has 0 aliphatic carbocycles. The van der Waals surface area contributed by atoms with Crippen LogP contribution in [0.25, 0.3) is 10.6 Å². The van der Waals surface area contributed by atoms with Gasteiger partial charge in [0.15, 0.2) is 5.96 Å². The number of nitrogens with one attached hydrogen (secondary N) is 1. The van der Waals surface area contributed by atoms with E-state index < -0.39 is 5.60 Å². The second-order valence-corrected chi connectivity index (χ2v) is 9.48. The highest BCUT2D eigenvalue weighted by Gasteiger charge is 2.36. The summed E-state index contributed by atoms with van der Waals surface area (Å²) >= 11 is 1.68. The Balaban J connectivity index is 0.00000272. The van der Waals surface area contributed by atoms with Crippen LogP contribution in [0.2, 0.25) is 0 Å². The molecular formula is C22H30IN5O2S. The lowest BCUT2D eigenvalue weighted by molar-refractivity contribution is 0.0137. The van der Waals surface area contributed by atoms with Gasteiger partial charge in [-0.2, -0.15) is 0 Å². The number of aliphatic imine (C=N–C) groups is 1. The minimum atomic E-state index is -0.469. The van der Waals surface area contributed by atoms with E-state index in [2.05, 4.69) is 32.7 Å². The zero-order valence-electron chi connectivity index (χ0n) is 18.2. The lowest BCUT2D eigenvalue weighted by Crippen LogP contribution is -2.57. The van der Waals surface area contributed by atoms with Crippen LogP contribution in [0.4, 0.5) is 4.79 Å². The Kier molecular flexibility index (Phi) is 7.79. The third kappa shape index (κ3) is 6.09. The highest BCUT2D eigenvalue weighted by molar-refractivity contribution is 14.0. The van der Waals surface area contributed by atoms with E-state index >= 15 is 0 Å². The van der Waals surface area contributed by atoms with Gasteiger partial charge in [0.2, 0.25) is 0 Å². The van der Waals surface area contributed by atoms with Crippen molar-refractivity contribution in [3.63, 3.8) is 0 Å². The monoisotopic (exact) mass is 555 g/mol. The van der Waals surface area contributed by atoms with E-state index in [1.54, 1.807) is 16.2 Å². The number of fused-ring (bicyclic) bond motifs is 1. The second kappa shape index (κ2) is 10.2. The van der Waals surface area contributed by atoms with Crippen molar-refractivity contribution in [2.45, 2.75) is 38.8 Å². The van der Waals surface area contributed by atoms with E-state index in [9.17, 15) is 4.79 Å². The van der Waals surface area contributed by atoms with Gasteiger partial charge in [0.1, 0.15) is 10.6 Å². The van der Waals surface area contributed by atoms with Gasteiger partial charge in [0.25, 0.3) is 0 Å². The fourth-order valence-corrected chi connectivity index (χ4v) is 4.52. The summed E-state index contributed by atoms with van der Waals surface area (Å²) in [7, 11) is 0. The van der Waals surface area contributed by atoms with Crippen LogP contribution in [0.1, 0.15) is 26.5 Å². The highest BCUT2D eigenvalue weighted by Crippen LogP contribution is 2.23. The van der Waals surface area contributed by atoms with Crippen LogP contribution >= 0.6 is 35.3 Å². The summed E-state index contributed by atoms with van der Waals surface area (Å²) in [5, 5.41) is 6.65. The molecule has 7 nitrogen and oxygen atoms in total. The summed E-state index contributed by atoms with van der Waals surface area (Å²) in [6.07, 6.45) is 0.617. The normalized spacial score (nSPS) is 18.2. The molecule has 2 aliphatic heterocycles. The number of ether oxygens (including phenoxy) is 1. The van der Waals surface area contributed by atoms with Gasteiger partial charge in [-0.3, -0.25) is 4.99 Å². The van der Waals surface area contributed by atoms with Crippen molar-refractivity contribution in [3.05, 3.63) is 41.4 Å². The molecule has 1 N–H and O–H groups in total. The summed E-state index contributed by atoms with van der Waals surface area (Å²) in [6, 6.07) is 10.5. The van der Waals surface area contributed by atoms with E-state index in [1.165, 1.54) is 0 Å². The van der Waals surface area contributed by atoms with E-state index in [0.717, 1.165) is 41.7 Å². The summed E-state index contributed by atoms with van der Waals surface area (Å²) in [4.78, 5) is 25.8. The smallest absolute Gasteiger partial charge is 0.410 e. The lowest BCUT2D eigenvalue weighted by Gasteiger charge is -2.39. The number of halogens is 1. The molecule has 1 saturated heterocycles. The zero-order chi connectivity index (χ0) is 21.1. The Morgan fingerprint density at radius 3 is 2.77 bits per heavy atom. The highest BCUT2D eigenvalue weighted by atomic mass is 127. The molecule has 4 rings (SSSR count). The zero-order valence-corrected chi connectivity index (χ0v) is 21.4. The maximum Gasteiger partial charge on any atom is 0.410 e. The summed E-state index contributed by atoms with van der Waals surface area (Å²) < 4.78 is 5.51. The van der Waals surface area contributed by atoms with Crippen LogP contribution in [0.15, 0.2) is 40.7 Å². The first-order valence-electron chi connectivity index (χ1n) is 10.4. The Morgan fingerprint density at radius 1 is 1.26 bits per heavy atom. The molecule has 1 atom stereocenters. The van der Waals surface area contributed by atoms with Crippen LogP contribution in [-0.4, -0.2) is 71.2 Å². The van der Waals surface area contributed by atoms with Crippen LogP contribution in [0, 0.1) is 0 Å². The quantitative estimate of drug-likeness (QED) is 0.581. The van der Waals surface area contributed by atoms with Crippen LogP contribution in [0.5, 0.6) is 0 Å². The van der Waals surface area contributed by atoms with E-state index in [-0.39, 0.29) is 36.1 Å². The molecule has 1 unspecified atom stereocenters. The number of aromatic nitrogens is 1. The van der Waals surface area contributed by atoms with Crippen molar-refractivity contribution in [2.75, 3.05) is 32.7 Å². The molecule has 0 radical (unpaired) electrons. The molecule has 0 spiro atoms. The van der Waals surface area contributed by atoms with E-state index in [1.807, 2.05) is 39.0 Å². The van der Waals surface area contributed by atoms with Crippen molar-refractivity contribution >= 4 is 47.4 Å². The summed E-state index contributed by atoms with van der Waals surface area (Å²) in [6.45, 7) is 9.25. The lowest BCUT2D eigenvalue weighted by atomic mass is 10.2. The largest absolute Gasteiger partial charge is 0.444 e. The number of hydrogen-bond acceptors (Lipinski definition) is 7. The SMILES string of the molecule is CC(C)(C)OC(=O)N1CCN2C(NCCc3csc(-c4ccccc4)n3)=NCC2C1.I. The number of carbonyl (C=O) groups is 1. The Labute approximate surface area is 204 Å². The standard InChI is InChI=1S/C22H29N5O2S.HI/c1-22(2,3)29-21(28)26-11-12-27-18(14-26)13-24-20(27)23-10-9-17-15-30-19(25-17)16-7-5-4-6-8-16;/h4-8,15,18H,9-14H2,1-3H3,(H,23,24);1H. The first kappa shape index (κ1) is 23.8. The molecular weight excluding hydrogens is 525 g/mol. The molecule has 0 bridgehead atoms. The van der Waals surface area contributed by atoms with Crippen molar-refractivity contribution < 1.29 is 9.53 Å². The Morgan fingerprint density at radius 2 is 2.03 bits per heavy atom. The van der Waals surface area contributed by atoms with Gasteiger partial charge in [0, 0.05) is 43.5 Å². The van der Waals surface area contributed by atoms with Gasteiger partial charge in [-0.05, 0) is 20.8 Å². The van der Waals surface area contributed by atoms with Crippen molar-refractivity contribution in [3.8, 4) is 10.6 Å². The number of guanidine groups is 1. The van der Waals surface area contributed by atoms with Gasteiger partial charge in [-0.1, -0.05) is 30.3 Å². The van der Waals surface area contributed by atoms with E-state index in [0.29, 0.717) is 19.6 Å². The van der Waals surface area contributed by atoms with Gasteiger partial charge in [-0.25, -0.2) is 9.78 Å². The molecule has 1 fully saturated rings. The first-order valence-corrected chi connectivity index (χ1v) is 11.3. The van der Waals surface area contributed by atoms with Gasteiger partial charge in [-0.15, -0.1) is 35.3 Å². The third-order valence-corrected chi connectivity index (χ3v) is 6.04. The number of amides is 1. The maximum atomic E-state index is 12.3. The minimum absolute atomic E-state index is 0. The molecule has 2 aliphatic rings. The van der Waals surface area contributed by atoms with Crippen LogP contribution < -0.4 is 5.32 Å². The molecule has 9 heteroatoms. The molecule has 0 saturated carbocycles. The predicted octanol–water partition coefficient (Wildman–Crippen LogP) is 3.85. The van der Waals surface area contributed by atoms with Gasteiger partial charge in [0.05, 0.1) is 18.3 Å². The fourth-order valence-electron chi connectivity index (χ4n) is 3.66. The number of nitrogens with zero attached hydrogens (tertiary/aromatic N) is 4. The third-order valence-electron chi connectivity index (χ3n) is 5.10. The number of benzene rings is 1. The minimum Gasteiger partial charge on any atom is -0.444 e. The average molecular weight is 555 g/mol. The van der Waals surface area contributed by atoms with Crippen molar-refractivity contribution in [1.82, 2.24) is 20.1 Å². The molecule has 3 heterocycles. The molecule has 31 heavy (non-hydrogen) atoms. The maximum absolute atomic E-state index is 12.3. The Hall–Kier alpha value is -1.88. The number of hydrogen-bond donors (Lipinski definition) is 1. The van der Waals surface area contributed by atoms with Crippen LogP contribution in [0.3, 0.4) is 0 Å². The second-order valence-electron chi connectivity index (χ2n) is 8.62. The Bertz CT molecular complexity index is 912. The molecule has 1 aromatic heterocycles. The predicted molar refractivity (Wildman–Crippen MR) is 135 cm³/mol. The average Bonchev–Trinajstić information content (AvgIpc) is 3.34. The van der Waals surface area contributed by atoms with Crippen LogP contribution in [-0.2, 0) is 11.2 Å². The van der Waals surface area contributed by atoms with Crippen molar-refractivity contribution in [2.24, 2.45) is 4.99 Å².